The van der Waals surface area contributed by atoms with Crippen molar-refractivity contribution in [2.24, 2.45) is 5.73 Å². The maximum absolute atomic E-state index is 13.7. The van der Waals surface area contributed by atoms with Crippen LogP contribution < -0.4 is 5.73 Å². The Morgan fingerprint density at radius 3 is 2.33 bits per heavy atom. The van der Waals surface area contributed by atoms with E-state index in [4.69, 9.17) is 5.73 Å². The molecule has 0 heterocycles. The average Bonchev–Trinajstić information content (AvgIpc) is 2.15. The standard InChI is InChI=1S/C11H15F2NO/c1-5-4-8(12)6(2)9(10(5)13)11(15)7(3)14/h4,7,11,15H,14H2,1-3H3. The zero-order chi connectivity index (χ0) is 11.7. The summed E-state index contributed by atoms with van der Waals surface area (Å²) in [6.45, 7) is 4.43. The van der Waals surface area contributed by atoms with Gasteiger partial charge in [0.05, 0.1) is 6.10 Å². The predicted octanol–water partition coefficient (Wildman–Crippen LogP) is 1.96. The molecule has 0 saturated heterocycles. The third kappa shape index (κ3) is 2.16. The third-order valence-electron chi connectivity index (χ3n) is 2.48. The summed E-state index contributed by atoms with van der Waals surface area (Å²) < 4.78 is 27.0. The number of halogens is 2. The van der Waals surface area contributed by atoms with Gasteiger partial charge in [0.15, 0.2) is 0 Å². The van der Waals surface area contributed by atoms with Gasteiger partial charge in [-0.05, 0) is 38.0 Å². The molecule has 4 heteroatoms. The molecule has 2 unspecified atom stereocenters. The summed E-state index contributed by atoms with van der Waals surface area (Å²) in [5.74, 6) is -1.11. The van der Waals surface area contributed by atoms with Crippen molar-refractivity contribution in [2.45, 2.75) is 32.9 Å². The largest absolute Gasteiger partial charge is 0.387 e. The lowest BCUT2D eigenvalue weighted by Gasteiger charge is -2.19. The van der Waals surface area contributed by atoms with E-state index in [0.717, 1.165) is 6.07 Å². The summed E-state index contributed by atoms with van der Waals surface area (Å²) in [5.41, 5.74) is 5.72. The molecule has 0 fully saturated rings. The Labute approximate surface area is 87.7 Å². The molecule has 0 aliphatic rings. The molecule has 15 heavy (non-hydrogen) atoms. The first-order valence-electron chi connectivity index (χ1n) is 4.75. The van der Waals surface area contributed by atoms with Gasteiger partial charge in [0.2, 0.25) is 0 Å². The summed E-state index contributed by atoms with van der Waals surface area (Å²) in [7, 11) is 0. The van der Waals surface area contributed by atoms with Crippen LogP contribution in [-0.2, 0) is 0 Å². The van der Waals surface area contributed by atoms with Crippen LogP contribution >= 0.6 is 0 Å². The highest BCUT2D eigenvalue weighted by atomic mass is 19.1. The molecule has 0 bridgehead atoms. The first-order valence-corrected chi connectivity index (χ1v) is 4.75. The molecule has 0 radical (unpaired) electrons. The van der Waals surface area contributed by atoms with E-state index in [0.29, 0.717) is 0 Å². The van der Waals surface area contributed by atoms with Gasteiger partial charge < -0.3 is 10.8 Å². The fourth-order valence-corrected chi connectivity index (χ4v) is 1.48. The van der Waals surface area contributed by atoms with Gasteiger partial charge >= 0.3 is 0 Å². The maximum atomic E-state index is 13.7. The van der Waals surface area contributed by atoms with Crippen LogP contribution in [0.15, 0.2) is 6.07 Å². The van der Waals surface area contributed by atoms with E-state index >= 15 is 0 Å². The quantitative estimate of drug-likeness (QED) is 0.792. The first kappa shape index (κ1) is 12.1. The molecule has 0 aromatic heterocycles. The van der Waals surface area contributed by atoms with Crippen LogP contribution in [0.3, 0.4) is 0 Å². The lowest BCUT2D eigenvalue weighted by molar-refractivity contribution is 0.147. The highest BCUT2D eigenvalue weighted by molar-refractivity contribution is 5.36. The smallest absolute Gasteiger partial charge is 0.132 e. The molecule has 84 valence electrons. The molecule has 0 amide bonds. The lowest BCUT2D eigenvalue weighted by atomic mass is 9.96. The fraction of sp³-hybridized carbons (Fsp3) is 0.455. The van der Waals surface area contributed by atoms with E-state index in [2.05, 4.69) is 0 Å². The predicted molar refractivity (Wildman–Crippen MR) is 54.4 cm³/mol. The number of aliphatic hydroxyl groups is 1. The Morgan fingerprint density at radius 2 is 1.87 bits per heavy atom. The summed E-state index contributed by atoms with van der Waals surface area (Å²) in [6.07, 6.45) is -1.18. The molecule has 0 aliphatic carbocycles. The number of benzene rings is 1. The Hall–Kier alpha value is -1.00. The zero-order valence-corrected chi connectivity index (χ0v) is 9.01. The molecular weight excluding hydrogens is 200 g/mol. The van der Waals surface area contributed by atoms with Crippen LogP contribution in [0.1, 0.15) is 29.7 Å². The second kappa shape index (κ2) is 4.24. The minimum atomic E-state index is -1.18. The van der Waals surface area contributed by atoms with Crippen LogP contribution in [0.5, 0.6) is 0 Å². The van der Waals surface area contributed by atoms with Crippen molar-refractivity contribution >= 4 is 0 Å². The molecule has 0 aliphatic heterocycles. The second-order valence-electron chi connectivity index (χ2n) is 3.83. The van der Waals surface area contributed by atoms with Crippen LogP contribution in [0.2, 0.25) is 0 Å². The van der Waals surface area contributed by atoms with Crippen molar-refractivity contribution in [3.63, 3.8) is 0 Å². The van der Waals surface area contributed by atoms with Crippen molar-refractivity contribution < 1.29 is 13.9 Å². The first-order chi connectivity index (χ1) is 6.86. The van der Waals surface area contributed by atoms with E-state index in [-0.39, 0.29) is 16.7 Å². The van der Waals surface area contributed by atoms with Crippen molar-refractivity contribution in [3.8, 4) is 0 Å². The molecule has 1 aromatic carbocycles. The Balaban J connectivity index is 3.39. The van der Waals surface area contributed by atoms with Crippen LogP contribution in [0, 0.1) is 25.5 Å². The number of rotatable bonds is 2. The highest BCUT2D eigenvalue weighted by Crippen LogP contribution is 2.27. The van der Waals surface area contributed by atoms with Crippen LogP contribution in [-0.4, -0.2) is 11.1 Å². The SMILES string of the molecule is Cc1cc(F)c(C)c(C(O)C(C)N)c1F. The number of hydrogen-bond acceptors (Lipinski definition) is 2. The van der Waals surface area contributed by atoms with Crippen molar-refractivity contribution in [2.75, 3.05) is 0 Å². The molecule has 2 nitrogen and oxygen atoms in total. The molecule has 0 spiro atoms. The molecular formula is C11H15F2NO. The molecule has 1 rings (SSSR count). The normalized spacial score (nSPS) is 15.1. The number of nitrogens with two attached hydrogens (primary N) is 1. The van der Waals surface area contributed by atoms with E-state index in [9.17, 15) is 13.9 Å². The van der Waals surface area contributed by atoms with Crippen LogP contribution in [0.4, 0.5) is 8.78 Å². The molecule has 3 N–H and O–H groups in total. The zero-order valence-electron chi connectivity index (χ0n) is 9.01. The van der Waals surface area contributed by atoms with Gasteiger partial charge in [0, 0.05) is 11.6 Å². The Kier molecular flexibility index (Phi) is 3.42. The lowest BCUT2D eigenvalue weighted by Crippen LogP contribution is -2.26. The monoisotopic (exact) mass is 215 g/mol. The molecule has 1 aromatic rings. The van der Waals surface area contributed by atoms with E-state index in [1.165, 1.54) is 13.8 Å². The van der Waals surface area contributed by atoms with Gasteiger partial charge in [-0.15, -0.1) is 0 Å². The topological polar surface area (TPSA) is 46.2 Å². The van der Waals surface area contributed by atoms with Gasteiger partial charge in [-0.3, -0.25) is 0 Å². The summed E-state index contributed by atoms with van der Waals surface area (Å²) in [5, 5.41) is 9.68. The van der Waals surface area contributed by atoms with Gasteiger partial charge in [0.25, 0.3) is 0 Å². The molecule has 0 saturated carbocycles. The highest BCUT2D eigenvalue weighted by Gasteiger charge is 2.22. The minimum Gasteiger partial charge on any atom is -0.387 e. The number of hydrogen-bond donors (Lipinski definition) is 2. The van der Waals surface area contributed by atoms with E-state index in [1.54, 1.807) is 6.92 Å². The van der Waals surface area contributed by atoms with Crippen molar-refractivity contribution in [1.82, 2.24) is 0 Å². The second-order valence-corrected chi connectivity index (χ2v) is 3.83. The van der Waals surface area contributed by atoms with E-state index in [1.807, 2.05) is 0 Å². The fourth-order valence-electron chi connectivity index (χ4n) is 1.48. The van der Waals surface area contributed by atoms with Gasteiger partial charge in [-0.25, -0.2) is 8.78 Å². The van der Waals surface area contributed by atoms with Gasteiger partial charge in [0.1, 0.15) is 11.6 Å². The Bertz CT molecular complexity index is 351. The number of aryl methyl sites for hydroxylation is 1. The van der Waals surface area contributed by atoms with E-state index < -0.39 is 23.8 Å². The third-order valence-corrected chi connectivity index (χ3v) is 2.48. The Morgan fingerprint density at radius 1 is 1.33 bits per heavy atom. The van der Waals surface area contributed by atoms with Crippen molar-refractivity contribution in [1.29, 1.82) is 0 Å². The van der Waals surface area contributed by atoms with Gasteiger partial charge in [-0.1, -0.05) is 0 Å². The maximum Gasteiger partial charge on any atom is 0.132 e. The summed E-state index contributed by atoms with van der Waals surface area (Å²) in [6, 6.07) is 0.474. The number of aliphatic hydroxyl groups excluding tert-OH is 1. The summed E-state index contributed by atoms with van der Waals surface area (Å²) >= 11 is 0. The minimum absolute atomic E-state index is 0.0394. The average molecular weight is 215 g/mol. The van der Waals surface area contributed by atoms with Crippen molar-refractivity contribution in [3.05, 3.63) is 34.4 Å². The van der Waals surface area contributed by atoms with Gasteiger partial charge in [-0.2, -0.15) is 0 Å². The molecule has 2 atom stereocenters. The van der Waals surface area contributed by atoms with Crippen LogP contribution in [0.25, 0.3) is 0 Å². The summed E-state index contributed by atoms with van der Waals surface area (Å²) in [4.78, 5) is 0.